The summed E-state index contributed by atoms with van der Waals surface area (Å²) in [5.74, 6) is -3.04. The average Bonchev–Trinajstić information content (AvgIpc) is 2.33. The van der Waals surface area contributed by atoms with E-state index in [1.165, 1.54) is 12.1 Å². The summed E-state index contributed by atoms with van der Waals surface area (Å²) in [5.41, 5.74) is 4.35. The van der Waals surface area contributed by atoms with Gasteiger partial charge >= 0.3 is 5.97 Å². The van der Waals surface area contributed by atoms with E-state index in [0.29, 0.717) is 12.8 Å². The van der Waals surface area contributed by atoms with E-state index in [0.717, 1.165) is 6.07 Å². The molecule has 0 radical (unpaired) electrons. The SMILES string of the molecule is CCCC(CN)(Cc1cccc(F)c1F)C(=O)O. The van der Waals surface area contributed by atoms with Crippen LogP contribution in [0.25, 0.3) is 0 Å². The largest absolute Gasteiger partial charge is 0.481 e. The number of carboxylic acid groups (broad SMARTS) is 1. The number of carboxylic acids is 1. The van der Waals surface area contributed by atoms with Gasteiger partial charge < -0.3 is 10.8 Å². The zero-order chi connectivity index (χ0) is 13.8. The highest BCUT2D eigenvalue weighted by Gasteiger charge is 2.37. The van der Waals surface area contributed by atoms with Crippen molar-refractivity contribution in [1.82, 2.24) is 0 Å². The van der Waals surface area contributed by atoms with Crippen LogP contribution >= 0.6 is 0 Å². The molecule has 0 saturated carbocycles. The summed E-state index contributed by atoms with van der Waals surface area (Å²) in [4.78, 5) is 11.3. The van der Waals surface area contributed by atoms with Crippen LogP contribution in [0.4, 0.5) is 8.78 Å². The van der Waals surface area contributed by atoms with E-state index in [1.807, 2.05) is 6.92 Å². The maximum atomic E-state index is 13.6. The first-order chi connectivity index (χ1) is 8.46. The third kappa shape index (κ3) is 2.85. The minimum absolute atomic E-state index is 0.0521. The molecule has 0 aliphatic rings. The van der Waals surface area contributed by atoms with Crippen LogP contribution in [0.3, 0.4) is 0 Å². The molecule has 1 aromatic carbocycles. The second-order valence-electron chi connectivity index (χ2n) is 4.43. The molecule has 0 heterocycles. The fourth-order valence-corrected chi connectivity index (χ4v) is 2.06. The lowest BCUT2D eigenvalue weighted by Gasteiger charge is -2.27. The van der Waals surface area contributed by atoms with Gasteiger partial charge in [-0.15, -0.1) is 0 Å². The normalized spacial score (nSPS) is 14.2. The number of carbonyl (C=O) groups is 1. The van der Waals surface area contributed by atoms with Crippen LogP contribution in [0.1, 0.15) is 25.3 Å². The van der Waals surface area contributed by atoms with Gasteiger partial charge in [0.25, 0.3) is 0 Å². The summed E-state index contributed by atoms with van der Waals surface area (Å²) >= 11 is 0. The molecule has 1 unspecified atom stereocenters. The van der Waals surface area contributed by atoms with Gasteiger partial charge in [0, 0.05) is 6.54 Å². The molecule has 5 heteroatoms. The number of hydrogen-bond donors (Lipinski definition) is 2. The molecule has 3 nitrogen and oxygen atoms in total. The Bertz CT molecular complexity index is 437. The van der Waals surface area contributed by atoms with Crippen molar-refractivity contribution in [3.05, 3.63) is 35.4 Å². The van der Waals surface area contributed by atoms with Gasteiger partial charge in [0.2, 0.25) is 0 Å². The number of nitrogens with two attached hydrogens (primary N) is 1. The molecule has 0 fully saturated rings. The van der Waals surface area contributed by atoms with E-state index < -0.39 is 23.0 Å². The molecule has 3 N–H and O–H groups in total. The molecule has 18 heavy (non-hydrogen) atoms. The molecule has 0 saturated heterocycles. The van der Waals surface area contributed by atoms with Gasteiger partial charge in [-0.2, -0.15) is 0 Å². The number of hydrogen-bond acceptors (Lipinski definition) is 2. The number of aliphatic carboxylic acids is 1. The Morgan fingerprint density at radius 3 is 2.61 bits per heavy atom. The summed E-state index contributed by atoms with van der Waals surface area (Å²) in [6, 6.07) is 3.76. The van der Waals surface area contributed by atoms with Gasteiger partial charge in [0.15, 0.2) is 11.6 Å². The Morgan fingerprint density at radius 1 is 1.44 bits per heavy atom. The van der Waals surface area contributed by atoms with Crippen molar-refractivity contribution in [1.29, 1.82) is 0 Å². The van der Waals surface area contributed by atoms with Crippen LogP contribution in [0.2, 0.25) is 0 Å². The van der Waals surface area contributed by atoms with Crippen LogP contribution < -0.4 is 5.73 Å². The van der Waals surface area contributed by atoms with Crippen molar-refractivity contribution in [2.45, 2.75) is 26.2 Å². The summed E-state index contributed by atoms with van der Waals surface area (Å²) in [7, 11) is 0. The van der Waals surface area contributed by atoms with Crippen molar-refractivity contribution in [2.75, 3.05) is 6.54 Å². The second kappa shape index (κ2) is 5.91. The van der Waals surface area contributed by atoms with Crippen LogP contribution in [0, 0.1) is 17.0 Å². The van der Waals surface area contributed by atoms with Gasteiger partial charge in [0.05, 0.1) is 5.41 Å². The number of halogens is 2. The predicted octanol–water partition coefficient (Wildman–Crippen LogP) is 2.34. The zero-order valence-electron chi connectivity index (χ0n) is 10.2. The fourth-order valence-electron chi connectivity index (χ4n) is 2.06. The Balaban J connectivity index is 3.10. The standard InChI is InChI=1S/C13H17F2NO2/c1-2-6-13(8-16,12(17)18)7-9-4-3-5-10(14)11(9)15/h3-5H,2,6-8,16H2,1H3,(H,17,18). The van der Waals surface area contributed by atoms with Gasteiger partial charge in [-0.1, -0.05) is 25.5 Å². The van der Waals surface area contributed by atoms with Gasteiger partial charge in [-0.05, 0) is 24.5 Å². The first-order valence-corrected chi connectivity index (χ1v) is 5.83. The topological polar surface area (TPSA) is 63.3 Å². The van der Waals surface area contributed by atoms with Crippen LogP contribution in [0.15, 0.2) is 18.2 Å². The summed E-state index contributed by atoms with van der Waals surface area (Å²) < 4.78 is 26.7. The fraction of sp³-hybridized carbons (Fsp3) is 0.462. The molecule has 0 amide bonds. The van der Waals surface area contributed by atoms with Gasteiger partial charge in [0.1, 0.15) is 0 Å². The minimum atomic E-state index is -1.23. The lowest BCUT2D eigenvalue weighted by Crippen LogP contribution is -2.40. The smallest absolute Gasteiger partial charge is 0.311 e. The molecule has 100 valence electrons. The lowest BCUT2D eigenvalue weighted by atomic mass is 9.78. The molecule has 0 aromatic heterocycles. The highest BCUT2D eigenvalue weighted by molar-refractivity contribution is 5.75. The highest BCUT2D eigenvalue weighted by atomic mass is 19.2. The molecular formula is C13H17F2NO2. The van der Waals surface area contributed by atoms with Crippen molar-refractivity contribution in [3.63, 3.8) is 0 Å². The molecule has 0 spiro atoms. The van der Waals surface area contributed by atoms with E-state index in [-0.39, 0.29) is 18.5 Å². The minimum Gasteiger partial charge on any atom is -0.481 e. The van der Waals surface area contributed by atoms with Crippen LogP contribution in [0.5, 0.6) is 0 Å². The highest BCUT2D eigenvalue weighted by Crippen LogP contribution is 2.29. The number of rotatable bonds is 6. The van der Waals surface area contributed by atoms with E-state index >= 15 is 0 Å². The third-order valence-corrected chi connectivity index (χ3v) is 3.13. The number of benzene rings is 1. The average molecular weight is 257 g/mol. The first-order valence-electron chi connectivity index (χ1n) is 5.83. The van der Waals surface area contributed by atoms with Crippen molar-refractivity contribution >= 4 is 5.97 Å². The van der Waals surface area contributed by atoms with E-state index in [2.05, 4.69) is 0 Å². The Labute approximate surface area is 105 Å². The monoisotopic (exact) mass is 257 g/mol. The molecule has 1 rings (SSSR count). The second-order valence-corrected chi connectivity index (χ2v) is 4.43. The lowest BCUT2D eigenvalue weighted by molar-refractivity contribution is -0.148. The summed E-state index contributed by atoms with van der Waals surface area (Å²) in [6.07, 6.45) is 0.839. The first kappa shape index (κ1) is 14.6. The van der Waals surface area contributed by atoms with E-state index in [4.69, 9.17) is 5.73 Å². The summed E-state index contributed by atoms with van der Waals surface area (Å²) in [5, 5.41) is 9.28. The quantitative estimate of drug-likeness (QED) is 0.822. The molecule has 0 aliphatic heterocycles. The third-order valence-electron chi connectivity index (χ3n) is 3.13. The molecule has 0 aliphatic carbocycles. The molecule has 0 bridgehead atoms. The summed E-state index contributed by atoms with van der Waals surface area (Å²) in [6.45, 7) is 1.72. The molecular weight excluding hydrogens is 240 g/mol. The van der Waals surface area contributed by atoms with Gasteiger partial charge in [-0.3, -0.25) is 4.79 Å². The maximum Gasteiger partial charge on any atom is 0.311 e. The predicted molar refractivity (Wildman–Crippen MR) is 64.1 cm³/mol. The molecule has 1 atom stereocenters. The van der Waals surface area contributed by atoms with Crippen LogP contribution in [-0.2, 0) is 11.2 Å². The van der Waals surface area contributed by atoms with Crippen LogP contribution in [-0.4, -0.2) is 17.6 Å². The Morgan fingerprint density at radius 2 is 2.11 bits per heavy atom. The molecule has 1 aromatic rings. The van der Waals surface area contributed by atoms with Crippen molar-refractivity contribution in [2.24, 2.45) is 11.1 Å². The van der Waals surface area contributed by atoms with E-state index in [1.54, 1.807) is 0 Å². The Kier molecular flexibility index (Phi) is 4.78. The van der Waals surface area contributed by atoms with Gasteiger partial charge in [-0.25, -0.2) is 8.78 Å². The Hall–Kier alpha value is -1.49. The van der Waals surface area contributed by atoms with Crippen molar-refractivity contribution < 1.29 is 18.7 Å². The van der Waals surface area contributed by atoms with Crippen molar-refractivity contribution in [3.8, 4) is 0 Å². The van der Waals surface area contributed by atoms with E-state index in [9.17, 15) is 18.7 Å². The zero-order valence-corrected chi connectivity index (χ0v) is 10.2. The maximum absolute atomic E-state index is 13.6.